The maximum atomic E-state index is 13.5. The molecule has 0 aliphatic carbocycles. The maximum Gasteiger partial charge on any atom is 0.322 e. The molecular weight excluding hydrogens is 458 g/mol. The number of urea groups is 1. The molecule has 0 fully saturated rings. The second kappa shape index (κ2) is 9.65. The Morgan fingerprint density at radius 3 is 2.67 bits per heavy atom. The van der Waals surface area contributed by atoms with Gasteiger partial charge in [0.25, 0.3) is 5.56 Å². The third-order valence-corrected chi connectivity index (χ3v) is 6.44. The molecule has 0 atom stereocenters. The minimum absolute atomic E-state index is 0.105. The second-order valence-corrected chi connectivity index (χ2v) is 8.77. The van der Waals surface area contributed by atoms with Crippen molar-refractivity contribution in [1.29, 1.82) is 0 Å². The first-order valence-corrected chi connectivity index (χ1v) is 11.6. The van der Waals surface area contributed by atoms with E-state index in [1.807, 2.05) is 62.4 Å². The predicted octanol–water partition coefficient (Wildman–Crippen LogP) is 5.12. The van der Waals surface area contributed by atoms with Crippen molar-refractivity contribution in [1.82, 2.24) is 9.88 Å². The van der Waals surface area contributed by atoms with Gasteiger partial charge in [-0.05, 0) is 66.3 Å². The summed E-state index contributed by atoms with van der Waals surface area (Å²) in [4.78, 5) is 31.1. The number of carbonyl (C=O) groups excluding carboxylic acids is 1. The van der Waals surface area contributed by atoms with Gasteiger partial charge in [0.2, 0.25) is 6.79 Å². The van der Waals surface area contributed by atoms with Crippen molar-refractivity contribution in [2.75, 3.05) is 19.2 Å². The molecule has 1 aliphatic heterocycles. The number of methoxy groups -OCH3 is 1. The van der Waals surface area contributed by atoms with Gasteiger partial charge in [0.05, 0.1) is 24.9 Å². The summed E-state index contributed by atoms with van der Waals surface area (Å²) in [6.45, 7) is 4.52. The van der Waals surface area contributed by atoms with Gasteiger partial charge in [0.1, 0.15) is 5.75 Å². The zero-order valence-corrected chi connectivity index (χ0v) is 20.4. The fourth-order valence-corrected chi connectivity index (χ4v) is 4.29. The van der Waals surface area contributed by atoms with Crippen molar-refractivity contribution >= 4 is 22.6 Å². The van der Waals surface area contributed by atoms with Gasteiger partial charge < -0.3 is 29.4 Å². The highest BCUT2D eigenvalue weighted by atomic mass is 16.7. The molecule has 0 radical (unpaired) electrons. The SMILES string of the molecule is COc1ccccc1NC(=O)N(Cc1ccc2c(c1)OCO2)Cc1cc2ccc(C)c(C)c2[nH]c1=O. The van der Waals surface area contributed by atoms with Crippen LogP contribution >= 0.6 is 0 Å². The van der Waals surface area contributed by atoms with Crippen molar-refractivity contribution in [3.63, 3.8) is 0 Å². The van der Waals surface area contributed by atoms with E-state index in [1.165, 1.54) is 0 Å². The summed E-state index contributed by atoms with van der Waals surface area (Å²) in [5.41, 5.74) is 4.59. The van der Waals surface area contributed by atoms with Gasteiger partial charge in [-0.2, -0.15) is 0 Å². The molecule has 4 aromatic rings. The number of nitrogens with one attached hydrogen (secondary N) is 2. The second-order valence-electron chi connectivity index (χ2n) is 8.77. The number of rotatable bonds is 6. The number of fused-ring (bicyclic) bond motifs is 2. The van der Waals surface area contributed by atoms with Gasteiger partial charge in [-0.25, -0.2) is 4.79 Å². The molecule has 184 valence electrons. The number of ether oxygens (including phenoxy) is 3. The number of hydrogen-bond acceptors (Lipinski definition) is 5. The van der Waals surface area contributed by atoms with Crippen LogP contribution < -0.4 is 25.1 Å². The van der Waals surface area contributed by atoms with Crippen LogP contribution in [-0.4, -0.2) is 29.8 Å². The highest BCUT2D eigenvalue weighted by Gasteiger charge is 2.21. The van der Waals surface area contributed by atoms with Crippen molar-refractivity contribution in [3.8, 4) is 17.2 Å². The molecule has 0 saturated heterocycles. The van der Waals surface area contributed by atoms with Crippen LogP contribution in [0.3, 0.4) is 0 Å². The molecular formula is C28H27N3O5. The number of para-hydroxylation sites is 2. The van der Waals surface area contributed by atoms with E-state index in [0.717, 1.165) is 27.6 Å². The Morgan fingerprint density at radius 1 is 1.03 bits per heavy atom. The number of amides is 2. The van der Waals surface area contributed by atoms with Gasteiger partial charge in [-0.15, -0.1) is 0 Å². The lowest BCUT2D eigenvalue weighted by Crippen LogP contribution is -2.35. The van der Waals surface area contributed by atoms with Crippen LogP contribution in [0.15, 0.2) is 65.5 Å². The predicted molar refractivity (Wildman–Crippen MR) is 138 cm³/mol. The number of aromatic amines is 1. The van der Waals surface area contributed by atoms with Crippen LogP contribution in [0, 0.1) is 13.8 Å². The number of aryl methyl sites for hydroxylation is 2. The Balaban J connectivity index is 1.48. The number of nitrogens with zero attached hydrogens (tertiary/aromatic N) is 1. The summed E-state index contributed by atoms with van der Waals surface area (Å²) < 4.78 is 16.3. The first-order chi connectivity index (χ1) is 17.4. The van der Waals surface area contributed by atoms with E-state index < -0.39 is 0 Å². The fourth-order valence-electron chi connectivity index (χ4n) is 4.29. The number of hydrogen-bond donors (Lipinski definition) is 2. The molecule has 8 heteroatoms. The van der Waals surface area contributed by atoms with Crippen molar-refractivity contribution in [2.45, 2.75) is 26.9 Å². The van der Waals surface area contributed by atoms with E-state index in [1.54, 1.807) is 24.1 Å². The monoisotopic (exact) mass is 485 g/mol. The van der Waals surface area contributed by atoms with Gasteiger partial charge in [-0.1, -0.05) is 30.3 Å². The Hall–Kier alpha value is -4.46. The van der Waals surface area contributed by atoms with Crippen LogP contribution in [0.4, 0.5) is 10.5 Å². The van der Waals surface area contributed by atoms with Gasteiger partial charge >= 0.3 is 6.03 Å². The highest BCUT2D eigenvalue weighted by Crippen LogP contribution is 2.33. The third kappa shape index (κ3) is 4.57. The highest BCUT2D eigenvalue weighted by molar-refractivity contribution is 5.91. The van der Waals surface area contributed by atoms with E-state index in [2.05, 4.69) is 10.3 Å². The fraction of sp³-hybridized carbons (Fsp3) is 0.214. The smallest absolute Gasteiger partial charge is 0.322 e. The van der Waals surface area contributed by atoms with E-state index >= 15 is 0 Å². The van der Waals surface area contributed by atoms with Gasteiger partial charge in [0, 0.05) is 12.1 Å². The summed E-state index contributed by atoms with van der Waals surface area (Å²) in [6, 6.07) is 18.2. The summed E-state index contributed by atoms with van der Waals surface area (Å²) in [5, 5.41) is 3.84. The number of benzene rings is 3. The molecule has 3 aromatic carbocycles. The van der Waals surface area contributed by atoms with Crippen LogP contribution in [-0.2, 0) is 13.1 Å². The minimum Gasteiger partial charge on any atom is -0.495 e. The molecule has 5 rings (SSSR count). The summed E-state index contributed by atoms with van der Waals surface area (Å²) in [5.74, 6) is 1.84. The van der Waals surface area contributed by atoms with Crippen molar-refractivity contribution in [2.24, 2.45) is 0 Å². The summed E-state index contributed by atoms with van der Waals surface area (Å²) in [6.07, 6.45) is 0. The lowest BCUT2D eigenvalue weighted by molar-refractivity contribution is 0.174. The number of anilines is 1. The van der Waals surface area contributed by atoms with Gasteiger partial charge in [-0.3, -0.25) is 4.79 Å². The molecule has 0 saturated carbocycles. The Morgan fingerprint density at radius 2 is 1.83 bits per heavy atom. The van der Waals surface area contributed by atoms with E-state index in [-0.39, 0.29) is 31.5 Å². The molecule has 1 aliphatic rings. The Kier molecular flexibility index (Phi) is 6.25. The average Bonchev–Trinajstić information content (AvgIpc) is 3.35. The standard InChI is InChI=1S/C28H27N3O5/c1-17-8-10-20-13-21(27(32)30-26(20)18(17)2)15-31(14-19-9-11-24-25(12-19)36-16-35-24)28(33)29-22-6-4-5-7-23(22)34-3/h4-13H,14-16H2,1-3H3,(H,29,33)(H,30,32). The molecule has 36 heavy (non-hydrogen) atoms. The van der Waals surface area contributed by atoms with Crippen molar-refractivity contribution < 1.29 is 19.0 Å². The van der Waals surface area contributed by atoms with Crippen LogP contribution in [0.25, 0.3) is 10.9 Å². The first kappa shape index (κ1) is 23.3. The summed E-state index contributed by atoms with van der Waals surface area (Å²) >= 11 is 0. The Bertz CT molecular complexity index is 1510. The molecule has 1 aromatic heterocycles. The van der Waals surface area contributed by atoms with Crippen molar-refractivity contribution in [3.05, 3.63) is 93.3 Å². The third-order valence-electron chi connectivity index (χ3n) is 6.44. The van der Waals surface area contributed by atoms with E-state index in [9.17, 15) is 9.59 Å². The molecule has 2 amide bonds. The van der Waals surface area contributed by atoms with Crippen LogP contribution in [0.1, 0.15) is 22.3 Å². The van der Waals surface area contributed by atoms with E-state index in [4.69, 9.17) is 14.2 Å². The molecule has 0 bridgehead atoms. The van der Waals surface area contributed by atoms with Crippen LogP contribution in [0.2, 0.25) is 0 Å². The molecule has 2 heterocycles. The molecule has 0 unspecified atom stereocenters. The normalized spacial score (nSPS) is 12.0. The lowest BCUT2D eigenvalue weighted by Gasteiger charge is -2.24. The quantitative estimate of drug-likeness (QED) is 0.396. The average molecular weight is 486 g/mol. The zero-order valence-electron chi connectivity index (χ0n) is 20.4. The van der Waals surface area contributed by atoms with Crippen LogP contribution in [0.5, 0.6) is 17.2 Å². The number of carbonyl (C=O) groups is 1. The number of aromatic nitrogens is 1. The number of pyridine rings is 1. The topological polar surface area (TPSA) is 92.9 Å². The molecule has 0 spiro atoms. The summed E-state index contributed by atoms with van der Waals surface area (Å²) in [7, 11) is 1.55. The van der Waals surface area contributed by atoms with Gasteiger partial charge in [0.15, 0.2) is 11.5 Å². The first-order valence-electron chi connectivity index (χ1n) is 11.6. The minimum atomic E-state index is -0.364. The van der Waals surface area contributed by atoms with E-state index in [0.29, 0.717) is 28.5 Å². The largest absolute Gasteiger partial charge is 0.495 e. The molecule has 8 nitrogen and oxygen atoms in total. The lowest BCUT2D eigenvalue weighted by atomic mass is 10.0. The number of H-pyrrole nitrogens is 1. The Labute approximate surface area is 208 Å². The maximum absolute atomic E-state index is 13.5. The molecule has 2 N–H and O–H groups in total. The zero-order chi connectivity index (χ0) is 25.2.